The first-order valence-corrected chi connectivity index (χ1v) is 12.2. The fourth-order valence-corrected chi connectivity index (χ4v) is 6.65. The van der Waals surface area contributed by atoms with Crippen LogP contribution in [0.5, 0.6) is 5.75 Å². The topological polar surface area (TPSA) is 92.8 Å². The molecule has 1 saturated heterocycles. The van der Waals surface area contributed by atoms with Crippen molar-refractivity contribution in [1.82, 2.24) is 9.03 Å². The minimum Gasteiger partial charge on any atom is -0.406 e. The molecule has 0 atom stereocenters. The van der Waals surface area contributed by atoms with Crippen LogP contribution in [-0.2, 0) is 20.0 Å². The molecule has 2 aromatic rings. The van der Waals surface area contributed by atoms with Gasteiger partial charge in [0.25, 0.3) is 0 Å². The highest BCUT2D eigenvalue weighted by Gasteiger charge is 2.33. The molecule has 29 heavy (non-hydrogen) atoms. The average Bonchev–Trinajstić information content (AvgIpc) is 3.17. The number of hydrogen-bond donors (Lipinski definition) is 1. The summed E-state index contributed by atoms with van der Waals surface area (Å²) in [5, 5.41) is 1.65. The number of halogens is 3. The van der Waals surface area contributed by atoms with E-state index >= 15 is 0 Å². The van der Waals surface area contributed by atoms with E-state index in [1.54, 1.807) is 11.4 Å². The van der Waals surface area contributed by atoms with Crippen LogP contribution in [0.1, 0.15) is 12.8 Å². The Morgan fingerprint density at radius 2 is 1.66 bits per heavy atom. The zero-order valence-corrected chi connectivity index (χ0v) is 17.2. The van der Waals surface area contributed by atoms with Gasteiger partial charge in [0.15, 0.2) is 0 Å². The molecule has 0 amide bonds. The van der Waals surface area contributed by atoms with Gasteiger partial charge in [0.05, 0.1) is 4.90 Å². The van der Waals surface area contributed by atoms with Gasteiger partial charge in [-0.2, -0.15) is 4.31 Å². The second-order valence-corrected chi connectivity index (χ2v) is 11.1. The number of nitrogens with zero attached hydrogens (tertiary/aromatic N) is 1. The van der Waals surface area contributed by atoms with E-state index in [-0.39, 0.29) is 35.0 Å². The maximum atomic E-state index is 12.7. The van der Waals surface area contributed by atoms with Gasteiger partial charge in [-0.15, -0.1) is 24.5 Å². The van der Waals surface area contributed by atoms with Crippen LogP contribution in [0, 0.1) is 0 Å². The fraction of sp³-hybridized carbons (Fsp3) is 0.375. The summed E-state index contributed by atoms with van der Waals surface area (Å²) in [6.07, 6.45) is -4.31. The molecule has 0 unspecified atom stereocenters. The number of rotatable bonds is 6. The molecule has 1 aliphatic heterocycles. The summed E-state index contributed by atoms with van der Waals surface area (Å²) < 4.78 is 94.2. The molecule has 160 valence electrons. The van der Waals surface area contributed by atoms with Crippen molar-refractivity contribution < 1.29 is 34.7 Å². The third kappa shape index (κ3) is 5.48. The molecule has 0 aliphatic carbocycles. The van der Waals surface area contributed by atoms with E-state index in [1.165, 1.54) is 10.4 Å². The first kappa shape index (κ1) is 22.0. The Labute approximate surface area is 170 Å². The van der Waals surface area contributed by atoms with Crippen LogP contribution in [0.25, 0.3) is 0 Å². The van der Waals surface area contributed by atoms with Gasteiger partial charge in [-0.05, 0) is 48.6 Å². The minimum atomic E-state index is -4.86. The highest BCUT2D eigenvalue weighted by atomic mass is 32.2. The van der Waals surface area contributed by atoms with Crippen LogP contribution in [0.2, 0.25) is 0 Å². The zero-order chi connectivity index (χ0) is 21.3. The van der Waals surface area contributed by atoms with Gasteiger partial charge in [0.1, 0.15) is 9.96 Å². The van der Waals surface area contributed by atoms with Gasteiger partial charge in [0, 0.05) is 19.1 Å². The Morgan fingerprint density at radius 1 is 1.03 bits per heavy atom. The van der Waals surface area contributed by atoms with Crippen molar-refractivity contribution in [2.45, 2.75) is 34.4 Å². The first-order valence-electron chi connectivity index (χ1n) is 8.39. The molecule has 0 radical (unpaired) electrons. The van der Waals surface area contributed by atoms with Crippen molar-refractivity contribution in [2.24, 2.45) is 0 Å². The molecule has 0 bridgehead atoms. The van der Waals surface area contributed by atoms with E-state index in [1.807, 2.05) is 0 Å². The molecule has 0 saturated carbocycles. The summed E-state index contributed by atoms with van der Waals surface area (Å²) in [4.78, 5) is -0.162. The van der Waals surface area contributed by atoms with Crippen molar-refractivity contribution in [3.8, 4) is 5.75 Å². The van der Waals surface area contributed by atoms with E-state index in [4.69, 9.17) is 0 Å². The highest BCUT2D eigenvalue weighted by Crippen LogP contribution is 2.27. The summed E-state index contributed by atoms with van der Waals surface area (Å²) in [5.74, 6) is -0.516. The number of benzene rings is 1. The van der Waals surface area contributed by atoms with E-state index in [0.29, 0.717) is 0 Å². The standard InChI is InChI=1S/C16H17F3N2O5S3/c17-16(18,19)26-13-3-5-14(6-4-13)29(24,25)21-9-7-12(8-10-21)20-28(22,23)15-2-1-11-27-15/h1-6,11-12,20H,7-10H2. The van der Waals surface area contributed by atoms with Gasteiger partial charge in [0.2, 0.25) is 20.0 Å². The lowest BCUT2D eigenvalue weighted by atomic mass is 10.1. The fourth-order valence-electron chi connectivity index (χ4n) is 2.87. The van der Waals surface area contributed by atoms with Gasteiger partial charge in [-0.1, -0.05) is 6.07 Å². The molecular formula is C16H17F3N2O5S3. The van der Waals surface area contributed by atoms with Crippen LogP contribution in [0.15, 0.2) is 50.9 Å². The van der Waals surface area contributed by atoms with Crippen molar-refractivity contribution in [3.63, 3.8) is 0 Å². The molecule has 1 fully saturated rings. The molecule has 1 aromatic carbocycles. The third-order valence-electron chi connectivity index (χ3n) is 4.23. The molecule has 1 aromatic heterocycles. The predicted molar refractivity (Wildman–Crippen MR) is 99.5 cm³/mol. The van der Waals surface area contributed by atoms with Gasteiger partial charge in [-0.25, -0.2) is 21.6 Å². The van der Waals surface area contributed by atoms with E-state index in [9.17, 15) is 30.0 Å². The Kier molecular flexibility index (Phi) is 6.24. The molecule has 1 N–H and O–H groups in total. The average molecular weight is 471 g/mol. The van der Waals surface area contributed by atoms with E-state index in [2.05, 4.69) is 9.46 Å². The van der Waals surface area contributed by atoms with Crippen LogP contribution >= 0.6 is 11.3 Å². The van der Waals surface area contributed by atoms with Gasteiger partial charge in [-0.3, -0.25) is 0 Å². The Balaban J connectivity index is 1.62. The molecular weight excluding hydrogens is 453 g/mol. The van der Waals surface area contributed by atoms with Gasteiger partial charge >= 0.3 is 6.36 Å². The SMILES string of the molecule is O=S(=O)(NC1CCN(S(=O)(=O)c2ccc(OC(F)(F)F)cc2)CC1)c1cccs1. The number of ether oxygens (including phenoxy) is 1. The van der Waals surface area contributed by atoms with Gasteiger partial charge < -0.3 is 4.74 Å². The maximum absolute atomic E-state index is 12.7. The molecule has 3 rings (SSSR count). The number of alkyl halides is 3. The van der Waals surface area contributed by atoms with Crippen molar-refractivity contribution in [2.75, 3.05) is 13.1 Å². The molecule has 0 spiro atoms. The molecule has 1 aliphatic rings. The monoisotopic (exact) mass is 470 g/mol. The summed E-state index contributed by atoms with van der Waals surface area (Å²) in [6.45, 7) is 0.168. The Bertz CT molecular complexity index is 1030. The van der Waals surface area contributed by atoms with Crippen molar-refractivity contribution in [1.29, 1.82) is 0 Å². The minimum absolute atomic E-state index is 0.0841. The third-order valence-corrected chi connectivity index (χ3v) is 9.06. The van der Waals surface area contributed by atoms with Crippen LogP contribution in [0.4, 0.5) is 13.2 Å². The summed E-state index contributed by atoms with van der Waals surface area (Å²) >= 11 is 1.09. The lowest BCUT2D eigenvalue weighted by Gasteiger charge is -2.31. The number of thiophene rings is 1. The van der Waals surface area contributed by atoms with Crippen LogP contribution in [-0.4, -0.2) is 46.6 Å². The van der Waals surface area contributed by atoms with E-state index < -0.39 is 38.2 Å². The van der Waals surface area contributed by atoms with E-state index in [0.717, 1.165) is 35.6 Å². The lowest BCUT2D eigenvalue weighted by molar-refractivity contribution is -0.274. The summed E-state index contributed by atoms with van der Waals surface area (Å²) in [7, 11) is -7.56. The van der Waals surface area contributed by atoms with Crippen LogP contribution < -0.4 is 9.46 Å². The molecule has 2 heterocycles. The number of hydrogen-bond acceptors (Lipinski definition) is 6. The largest absolute Gasteiger partial charge is 0.573 e. The second-order valence-electron chi connectivity index (χ2n) is 6.25. The second kappa shape index (κ2) is 8.22. The quantitative estimate of drug-likeness (QED) is 0.701. The zero-order valence-electron chi connectivity index (χ0n) is 14.8. The maximum Gasteiger partial charge on any atom is 0.573 e. The molecule has 7 nitrogen and oxygen atoms in total. The lowest BCUT2D eigenvalue weighted by Crippen LogP contribution is -2.46. The first-order chi connectivity index (χ1) is 13.5. The van der Waals surface area contributed by atoms with Crippen LogP contribution in [0.3, 0.4) is 0 Å². The van der Waals surface area contributed by atoms with Crippen molar-refractivity contribution in [3.05, 3.63) is 41.8 Å². The smallest absolute Gasteiger partial charge is 0.406 e. The summed E-state index contributed by atoms with van der Waals surface area (Å²) in [5.41, 5.74) is 0. The normalized spacial score (nSPS) is 17.3. The Hall–Kier alpha value is -1.67. The highest BCUT2D eigenvalue weighted by molar-refractivity contribution is 7.91. The predicted octanol–water partition coefficient (Wildman–Crippen LogP) is 2.78. The molecule has 13 heteroatoms. The number of sulfonamides is 2. The summed E-state index contributed by atoms with van der Waals surface area (Å²) in [6, 6.07) is 6.66. The van der Waals surface area contributed by atoms with Crippen molar-refractivity contribution >= 4 is 31.4 Å². The number of piperidine rings is 1. The number of nitrogens with one attached hydrogen (secondary N) is 1. The Morgan fingerprint density at radius 3 is 2.17 bits per heavy atom.